The number of benzene rings is 2. The zero-order valence-corrected chi connectivity index (χ0v) is 17.8. The first-order valence-corrected chi connectivity index (χ1v) is 10.1. The van der Waals surface area contributed by atoms with E-state index in [1.807, 2.05) is 62.4 Å². The number of carbonyl (C=O) groups excluding carboxylic acids is 1. The number of anilines is 2. The average Bonchev–Trinajstić information content (AvgIpc) is 3.39. The molecule has 0 amide bonds. The number of fused-ring (bicyclic) bond motifs is 1. The van der Waals surface area contributed by atoms with Crippen LogP contribution in [0, 0.1) is 20.8 Å². The SMILES string of the molecule is Cc1nnc(-c2ccc(C)c(Nc3ncnn4cc(C(=O)c5ccccc5)c(C)c34)c2)o1. The Morgan fingerprint density at radius 1 is 1.03 bits per heavy atom. The third kappa shape index (κ3) is 3.41. The Morgan fingerprint density at radius 3 is 2.59 bits per heavy atom. The molecule has 0 aliphatic rings. The first kappa shape index (κ1) is 19.6. The molecule has 0 fully saturated rings. The third-order valence-electron chi connectivity index (χ3n) is 5.37. The fourth-order valence-corrected chi connectivity index (χ4v) is 3.66. The molecule has 0 saturated heterocycles. The molecule has 158 valence electrons. The highest BCUT2D eigenvalue weighted by molar-refractivity contribution is 6.11. The van der Waals surface area contributed by atoms with E-state index >= 15 is 0 Å². The van der Waals surface area contributed by atoms with Gasteiger partial charge in [-0.25, -0.2) is 9.50 Å². The topological polar surface area (TPSA) is 98.2 Å². The molecule has 3 heterocycles. The first-order valence-electron chi connectivity index (χ1n) is 10.1. The van der Waals surface area contributed by atoms with E-state index in [2.05, 4.69) is 25.6 Å². The molecule has 0 saturated carbocycles. The van der Waals surface area contributed by atoms with Crippen LogP contribution in [0.3, 0.4) is 0 Å². The molecule has 32 heavy (non-hydrogen) atoms. The van der Waals surface area contributed by atoms with Crippen molar-refractivity contribution in [3.05, 3.63) is 89.2 Å². The van der Waals surface area contributed by atoms with E-state index < -0.39 is 0 Å². The van der Waals surface area contributed by atoms with Gasteiger partial charge in [-0.2, -0.15) is 5.10 Å². The first-order chi connectivity index (χ1) is 15.5. The van der Waals surface area contributed by atoms with Crippen LogP contribution in [0.4, 0.5) is 11.5 Å². The Morgan fingerprint density at radius 2 is 1.84 bits per heavy atom. The molecule has 5 rings (SSSR count). The number of nitrogens with zero attached hydrogens (tertiary/aromatic N) is 5. The predicted molar refractivity (Wildman–Crippen MR) is 120 cm³/mol. The lowest BCUT2D eigenvalue weighted by atomic mass is 10.0. The molecular weight excluding hydrogens is 404 g/mol. The van der Waals surface area contributed by atoms with E-state index in [9.17, 15) is 4.79 Å². The molecule has 2 aromatic carbocycles. The molecule has 0 unspecified atom stereocenters. The van der Waals surface area contributed by atoms with Crippen molar-refractivity contribution in [2.45, 2.75) is 20.8 Å². The Labute approximate surface area is 184 Å². The highest BCUT2D eigenvalue weighted by Gasteiger charge is 2.19. The molecule has 0 aliphatic carbocycles. The molecule has 3 aromatic heterocycles. The van der Waals surface area contributed by atoms with E-state index in [0.29, 0.717) is 28.7 Å². The summed E-state index contributed by atoms with van der Waals surface area (Å²) in [4.78, 5) is 17.5. The van der Waals surface area contributed by atoms with Gasteiger partial charge in [0.15, 0.2) is 11.6 Å². The van der Waals surface area contributed by atoms with Crippen LogP contribution in [0.2, 0.25) is 0 Å². The molecule has 5 aromatic rings. The quantitative estimate of drug-likeness (QED) is 0.409. The fraction of sp³-hybridized carbons (Fsp3) is 0.125. The van der Waals surface area contributed by atoms with Gasteiger partial charge >= 0.3 is 0 Å². The van der Waals surface area contributed by atoms with E-state index in [0.717, 1.165) is 27.9 Å². The van der Waals surface area contributed by atoms with Crippen molar-refractivity contribution in [3.8, 4) is 11.5 Å². The van der Waals surface area contributed by atoms with Crippen LogP contribution in [0.15, 0.2) is 65.5 Å². The van der Waals surface area contributed by atoms with Crippen molar-refractivity contribution in [3.63, 3.8) is 0 Å². The number of carbonyl (C=O) groups is 1. The molecule has 0 bridgehead atoms. The van der Waals surface area contributed by atoms with Crippen LogP contribution in [0.5, 0.6) is 0 Å². The van der Waals surface area contributed by atoms with Crippen molar-refractivity contribution < 1.29 is 9.21 Å². The predicted octanol–water partition coefficient (Wildman–Crippen LogP) is 4.68. The second-order valence-electron chi connectivity index (χ2n) is 7.55. The summed E-state index contributed by atoms with van der Waals surface area (Å²) in [6, 6.07) is 15.1. The number of rotatable bonds is 5. The van der Waals surface area contributed by atoms with Crippen LogP contribution in [0.1, 0.15) is 32.9 Å². The zero-order chi connectivity index (χ0) is 22.2. The molecule has 0 aliphatic heterocycles. The smallest absolute Gasteiger partial charge is 0.247 e. The largest absolute Gasteiger partial charge is 0.421 e. The van der Waals surface area contributed by atoms with Gasteiger partial charge in [0.05, 0.1) is 0 Å². The summed E-state index contributed by atoms with van der Waals surface area (Å²) in [5, 5.41) is 15.7. The Kier molecular flexibility index (Phi) is 4.74. The standard InChI is InChI=1S/C24H20N6O2/c1-14-9-10-18(24-29-28-16(3)32-24)11-20(14)27-23-21-15(2)19(12-30(21)26-13-25-23)22(31)17-7-5-4-6-8-17/h4-13H,1-3H3,(H,25,26,27). The van der Waals surface area contributed by atoms with Crippen LogP contribution >= 0.6 is 0 Å². The van der Waals surface area contributed by atoms with Gasteiger partial charge in [-0.15, -0.1) is 10.2 Å². The second-order valence-corrected chi connectivity index (χ2v) is 7.55. The van der Waals surface area contributed by atoms with Crippen LogP contribution < -0.4 is 5.32 Å². The van der Waals surface area contributed by atoms with Gasteiger partial charge in [0.25, 0.3) is 0 Å². The van der Waals surface area contributed by atoms with Crippen molar-refractivity contribution in [2.24, 2.45) is 0 Å². The molecule has 0 spiro atoms. The average molecular weight is 424 g/mol. The molecule has 8 heteroatoms. The molecular formula is C24H20N6O2. The maximum absolute atomic E-state index is 13.1. The maximum Gasteiger partial charge on any atom is 0.247 e. The number of ketones is 1. The Balaban J connectivity index is 1.56. The second kappa shape index (κ2) is 7.73. The van der Waals surface area contributed by atoms with Gasteiger partial charge in [0, 0.05) is 35.5 Å². The van der Waals surface area contributed by atoms with E-state index in [-0.39, 0.29) is 5.78 Å². The molecule has 8 nitrogen and oxygen atoms in total. The molecule has 0 atom stereocenters. The summed E-state index contributed by atoms with van der Waals surface area (Å²) in [6.45, 7) is 5.66. The summed E-state index contributed by atoms with van der Waals surface area (Å²) < 4.78 is 7.24. The van der Waals surface area contributed by atoms with Crippen molar-refractivity contribution in [1.29, 1.82) is 0 Å². The minimum Gasteiger partial charge on any atom is -0.421 e. The van der Waals surface area contributed by atoms with E-state index in [4.69, 9.17) is 4.42 Å². The summed E-state index contributed by atoms with van der Waals surface area (Å²) in [5.41, 5.74) is 5.44. The van der Waals surface area contributed by atoms with Gasteiger partial charge < -0.3 is 9.73 Å². The summed E-state index contributed by atoms with van der Waals surface area (Å²) in [7, 11) is 0. The minimum absolute atomic E-state index is 0.0514. The summed E-state index contributed by atoms with van der Waals surface area (Å²) in [5.74, 6) is 1.51. The lowest BCUT2D eigenvalue weighted by Gasteiger charge is -2.11. The van der Waals surface area contributed by atoms with Gasteiger partial charge in [-0.05, 0) is 37.1 Å². The lowest BCUT2D eigenvalue weighted by molar-refractivity contribution is 0.103. The van der Waals surface area contributed by atoms with Crippen LogP contribution in [-0.4, -0.2) is 30.6 Å². The number of hydrogen-bond donors (Lipinski definition) is 1. The van der Waals surface area contributed by atoms with Gasteiger partial charge in [0.2, 0.25) is 11.8 Å². The van der Waals surface area contributed by atoms with Crippen molar-refractivity contribution >= 4 is 22.8 Å². The van der Waals surface area contributed by atoms with Crippen molar-refractivity contribution in [2.75, 3.05) is 5.32 Å². The number of aromatic nitrogens is 5. The van der Waals surface area contributed by atoms with Crippen LogP contribution in [0.25, 0.3) is 17.0 Å². The number of aryl methyl sites for hydroxylation is 3. The monoisotopic (exact) mass is 424 g/mol. The van der Waals surface area contributed by atoms with E-state index in [1.165, 1.54) is 6.33 Å². The van der Waals surface area contributed by atoms with Crippen LogP contribution in [-0.2, 0) is 0 Å². The lowest BCUT2D eigenvalue weighted by Crippen LogP contribution is -2.02. The van der Waals surface area contributed by atoms with Gasteiger partial charge in [0.1, 0.15) is 11.8 Å². The van der Waals surface area contributed by atoms with E-state index in [1.54, 1.807) is 17.6 Å². The Bertz CT molecular complexity index is 1450. The van der Waals surface area contributed by atoms with Gasteiger partial charge in [-0.3, -0.25) is 4.79 Å². The highest BCUT2D eigenvalue weighted by atomic mass is 16.4. The van der Waals surface area contributed by atoms with Gasteiger partial charge in [-0.1, -0.05) is 36.4 Å². The summed E-state index contributed by atoms with van der Waals surface area (Å²) >= 11 is 0. The Hall–Kier alpha value is -4.33. The molecule has 0 radical (unpaired) electrons. The highest BCUT2D eigenvalue weighted by Crippen LogP contribution is 2.30. The summed E-state index contributed by atoms with van der Waals surface area (Å²) in [6.07, 6.45) is 3.21. The minimum atomic E-state index is -0.0514. The third-order valence-corrected chi connectivity index (χ3v) is 5.37. The number of nitrogens with one attached hydrogen (secondary N) is 1. The molecule has 1 N–H and O–H groups in total. The van der Waals surface area contributed by atoms with Crippen molar-refractivity contribution in [1.82, 2.24) is 24.8 Å². The number of hydrogen-bond acceptors (Lipinski definition) is 7. The fourth-order valence-electron chi connectivity index (χ4n) is 3.66. The maximum atomic E-state index is 13.1. The zero-order valence-electron chi connectivity index (χ0n) is 17.8. The normalized spacial score (nSPS) is 11.1.